The second-order valence-corrected chi connectivity index (χ2v) is 12.5. The van der Waals surface area contributed by atoms with Crippen molar-refractivity contribution in [2.75, 3.05) is 0 Å². The Hall–Kier alpha value is -2.28. The first-order valence-electron chi connectivity index (χ1n) is 12.6. The van der Waals surface area contributed by atoms with Crippen molar-refractivity contribution in [3.8, 4) is 0 Å². The van der Waals surface area contributed by atoms with Crippen molar-refractivity contribution in [3.05, 3.63) is 68.6 Å². The van der Waals surface area contributed by atoms with Gasteiger partial charge in [-0.1, -0.05) is 0 Å². The number of hydrogen-bond donors (Lipinski definition) is 2. The van der Waals surface area contributed by atoms with Gasteiger partial charge in [-0.3, -0.25) is 18.7 Å². The zero-order chi connectivity index (χ0) is 28.4. The molecule has 4 aromatic heterocycles. The Morgan fingerprint density at radius 3 is 1.26 bits per heavy atom. The summed E-state index contributed by atoms with van der Waals surface area (Å²) < 4.78 is 8.61. The van der Waals surface area contributed by atoms with Gasteiger partial charge in [0, 0.05) is 60.1 Å². The van der Waals surface area contributed by atoms with Crippen LogP contribution in [0, 0.1) is 0 Å². The predicted octanol–water partition coefficient (Wildman–Crippen LogP) is 5.40. The van der Waals surface area contributed by atoms with Gasteiger partial charge >= 0.3 is 0 Å². The molecule has 2 N–H and O–H groups in total. The highest BCUT2D eigenvalue weighted by Crippen LogP contribution is 2.30. The molecule has 4 aromatic rings. The smallest absolute Gasteiger partial charge is 0.134 e. The molecule has 0 aliphatic rings. The van der Waals surface area contributed by atoms with Gasteiger partial charge in [0.15, 0.2) is 0 Å². The third-order valence-corrected chi connectivity index (χ3v) is 7.17. The Balaban J connectivity index is 0.000000211. The van der Waals surface area contributed by atoms with Crippen LogP contribution in [0.5, 0.6) is 0 Å². The summed E-state index contributed by atoms with van der Waals surface area (Å²) in [5.74, 6) is 0. The zero-order valence-corrected chi connectivity index (χ0v) is 26.4. The third kappa shape index (κ3) is 7.02. The lowest BCUT2D eigenvalue weighted by atomic mass is 10.1. The number of aromatic nitrogens is 8. The van der Waals surface area contributed by atoms with E-state index in [9.17, 15) is 10.2 Å². The number of aliphatic hydroxyl groups excluding tert-OH is 2. The van der Waals surface area contributed by atoms with Crippen LogP contribution in [0.3, 0.4) is 0 Å². The molecule has 2 unspecified atom stereocenters. The highest BCUT2D eigenvalue weighted by atomic mass is 79.9. The van der Waals surface area contributed by atoms with E-state index in [0.717, 1.165) is 35.3 Å². The Morgan fingerprint density at radius 2 is 1.03 bits per heavy atom. The first-order chi connectivity index (χ1) is 17.6. The van der Waals surface area contributed by atoms with Crippen LogP contribution in [0.25, 0.3) is 0 Å². The molecular weight excluding hydrogens is 616 g/mol. The monoisotopic (exact) mass is 652 g/mol. The Bertz CT molecular complexity index is 1240. The number of halogens is 2. The average molecular weight is 654 g/mol. The largest absolute Gasteiger partial charge is 0.383 e. The van der Waals surface area contributed by atoms with Gasteiger partial charge in [0.05, 0.1) is 23.5 Å². The van der Waals surface area contributed by atoms with Gasteiger partial charge in [-0.25, -0.2) is 0 Å². The Labute approximate surface area is 240 Å². The molecule has 0 spiro atoms. The van der Waals surface area contributed by atoms with Gasteiger partial charge < -0.3 is 10.2 Å². The normalized spacial score (nSPS) is 13.8. The fraction of sp³-hybridized carbons (Fsp3) is 0.538. The van der Waals surface area contributed by atoms with Gasteiger partial charge in [0.2, 0.25) is 0 Å². The van der Waals surface area contributed by atoms with E-state index in [2.05, 4.69) is 93.8 Å². The van der Waals surface area contributed by atoms with Crippen LogP contribution in [0.2, 0.25) is 0 Å². The molecule has 208 valence electrons. The van der Waals surface area contributed by atoms with Gasteiger partial charge in [-0.05, 0) is 87.2 Å². The molecule has 0 bridgehead atoms. The molecule has 0 fully saturated rings. The van der Waals surface area contributed by atoms with E-state index in [0.29, 0.717) is 9.21 Å². The van der Waals surface area contributed by atoms with Gasteiger partial charge in [-0.15, -0.1) is 0 Å². The van der Waals surface area contributed by atoms with Crippen LogP contribution in [0.4, 0.5) is 0 Å². The molecule has 0 aromatic carbocycles. The molecule has 10 nitrogen and oxygen atoms in total. The van der Waals surface area contributed by atoms with Crippen molar-refractivity contribution < 1.29 is 10.2 Å². The van der Waals surface area contributed by atoms with E-state index in [1.807, 2.05) is 48.0 Å². The minimum absolute atomic E-state index is 0.117. The fourth-order valence-corrected chi connectivity index (χ4v) is 4.51. The first kappa shape index (κ1) is 30.3. The highest BCUT2D eigenvalue weighted by molar-refractivity contribution is 9.10. The maximum absolute atomic E-state index is 10.4. The van der Waals surface area contributed by atoms with Crippen molar-refractivity contribution in [1.82, 2.24) is 39.1 Å². The molecule has 0 saturated heterocycles. The second-order valence-electron chi connectivity index (χ2n) is 11.0. The summed E-state index contributed by atoms with van der Waals surface area (Å²) in [6, 6.07) is 0. The minimum atomic E-state index is -0.717. The molecule has 4 heterocycles. The SMILES string of the molecule is CCn1cc(C(O)c2cn(C(C)(C)C)nc2Br)cn1.CCn1cc(C(O)c2cn(C(C)(C)C)nc2Br)cn1. The highest BCUT2D eigenvalue weighted by Gasteiger charge is 2.24. The molecule has 4 rings (SSSR count). The predicted molar refractivity (Wildman–Crippen MR) is 154 cm³/mol. The summed E-state index contributed by atoms with van der Waals surface area (Å²) in [6.07, 6.45) is 9.40. The van der Waals surface area contributed by atoms with E-state index in [4.69, 9.17) is 0 Å². The summed E-state index contributed by atoms with van der Waals surface area (Å²) in [5, 5.41) is 38.0. The van der Waals surface area contributed by atoms with Crippen LogP contribution in [-0.4, -0.2) is 49.3 Å². The lowest BCUT2D eigenvalue weighted by molar-refractivity contribution is 0.218. The van der Waals surface area contributed by atoms with Gasteiger partial charge in [0.1, 0.15) is 21.4 Å². The molecule has 0 aliphatic carbocycles. The molecule has 12 heteroatoms. The lowest BCUT2D eigenvalue weighted by Gasteiger charge is -2.18. The molecule has 2 atom stereocenters. The molecule has 0 aliphatic heterocycles. The van der Waals surface area contributed by atoms with Crippen LogP contribution in [0.1, 0.15) is 89.9 Å². The molecule has 0 radical (unpaired) electrons. The van der Waals surface area contributed by atoms with E-state index in [1.165, 1.54) is 0 Å². The molecule has 0 saturated carbocycles. The fourth-order valence-electron chi connectivity index (χ4n) is 3.53. The van der Waals surface area contributed by atoms with Gasteiger partial charge in [-0.2, -0.15) is 20.4 Å². The van der Waals surface area contributed by atoms with Crippen LogP contribution < -0.4 is 0 Å². The van der Waals surface area contributed by atoms with Crippen molar-refractivity contribution in [2.24, 2.45) is 0 Å². The number of rotatable bonds is 6. The maximum Gasteiger partial charge on any atom is 0.134 e. The standard InChI is InChI=1S/2C13H19BrN4O/c2*1-5-17-7-9(6-15-17)11(19)10-8-18(13(2,3)4)16-12(10)14/h2*6-8,11,19H,5H2,1-4H3. The van der Waals surface area contributed by atoms with Crippen LogP contribution in [0.15, 0.2) is 46.4 Å². The van der Waals surface area contributed by atoms with Crippen LogP contribution >= 0.6 is 31.9 Å². The van der Waals surface area contributed by atoms with Crippen molar-refractivity contribution in [2.45, 2.75) is 91.8 Å². The molecule has 38 heavy (non-hydrogen) atoms. The lowest BCUT2D eigenvalue weighted by Crippen LogP contribution is -2.22. The number of aliphatic hydroxyl groups is 2. The van der Waals surface area contributed by atoms with E-state index < -0.39 is 12.2 Å². The summed E-state index contributed by atoms with van der Waals surface area (Å²) in [4.78, 5) is 0. The van der Waals surface area contributed by atoms with Crippen LogP contribution in [-0.2, 0) is 24.2 Å². The Morgan fingerprint density at radius 1 is 0.684 bits per heavy atom. The number of nitrogens with zero attached hydrogens (tertiary/aromatic N) is 8. The average Bonchev–Trinajstić information content (AvgIpc) is 3.62. The number of aryl methyl sites for hydroxylation is 2. The summed E-state index contributed by atoms with van der Waals surface area (Å²) in [5.41, 5.74) is 2.82. The van der Waals surface area contributed by atoms with E-state index >= 15 is 0 Å². The summed E-state index contributed by atoms with van der Waals surface area (Å²) >= 11 is 6.82. The van der Waals surface area contributed by atoms with Crippen molar-refractivity contribution in [1.29, 1.82) is 0 Å². The topological polar surface area (TPSA) is 112 Å². The summed E-state index contributed by atoms with van der Waals surface area (Å²) in [6.45, 7) is 18.0. The van der Waals surface area contributed by atoms with Gasteiger partial charge in [0.25, 0.3) is 0 Å². The number of hydrogen-bond acceptors (Lipinski definition) is 6. The minimum Gasteiger partial charge on any atom is -0.383 e. The zero-order valence-electron chi connectivity index (χ0n) is 23.3. The third-order valence-electron chi connectivity index (χ3n) is 5.94. The van der Waals surface area contributed by atoms with Crippen molar-refractivity contribution in [3.63, 3.8) is 0 Å². The molecular formula is C26H38Br2N8O2. The maximum atomic E-state index is 10.4. The Kier molecular flexibility index (Phi) is 9.44. The van der Waals surface area contributed by atoms with Crippen molar-refractivity contribution >= 4 is 31.9 Å². The quantitative estimate of drug-likeness (QED) is 0.288. The van der Waals surface area contributed by atoms with E-state index in [1.54, 1.807) is 21.8 Å². The summed E-state index contributed by atoms with van der Waals surface area (Å²) in [7, 11) is 0. The molecule has 0 amide bonds. The first-order valence-corrected chi connectivity index (χ1v) is 14.2. The van der Waals surface area contributed by atoms with E-state index in [-0.39, 0.29) is 11.1 Å². The second kappa shape index (κ2) is 11.8.